The third kappa shape index (κ3) is 2.58. The van der Waals surface area contributed by atoms with Crippen LogP contribution in [0.3, 0.4) is 0 Å². The number of anilines is 1. The van der Waals surface area contributed by atoms with Crippen molar-refractivity contribution in [2.75, 3.05) is 5.73 Å². The zero-order valence-corrected chi connectivity index (χ0v) is 8.32. The topological polar surface area (TPSA) is 75.4 Å². The summed E-state index contributed by atoms with van der Waals surface area (Å²) in [4.78, 5) is 0. The molecule has 0 saturated carbocycles. The highest BCUT2D eigenvalue weighted by atomic mass is 35.5. The molecule has 0 radical (unpaired) electrons. The van der Waals surface area contributed by atoms with Crippen molar-refractivity contribution in [3.05, 3.63) is 22.7 Å². The Hall–Kier alpha value is -0.780. The van der Waals surface area contributed by atoms with E-state index in [1.807, 2.05) is 0 Å². The van der Waals surface area contributed by atoms with Gasteiger partial charge in [-0.1, -0.05) is 11.6 Å². The van der Waals surface area contributed by atoms with Gasteiger partial charge >= 0.3 is 0 Å². The molecule has 0 fully saturated rings. The second kappa shape index (κ2) is 3.95. The average Bonchev–Trinajstić information content (AvgIpc) is 1.99. The standard InChI is InChI=1S/C7H8ClNO3S/c1-4-2-5(8)7(3-6(4)9)12-13(10)11/h2-3H,9H2,1H3,(H,10,11)/p-1. The van der Waals surface area contributed by atoms with Gasteiger partial charge in [-0.3, -0.25) is 0 Å². The largest absolute Gasteiger partial charge is 0.740 e. The van der Waals surface area contributed by atoms with Crippen molar-refractivity contribution in [3.8, 4) is 5.75 Å². The Kier molecular flexibility index (Phi) is 3.13. The minimum Gasteiger partial charge on any atom is -0.740 e. The summed E-state index contributed by atoms with van der Waals surface area (Å²) in [6, 6.07) is 2.91. The molecule has 0 aliphatic carbocycles. The van der Waals surface area contributed by atoms with E-state index in [9.17, 15) is 8.76 Å². The molecule has 0 spiro atoms. The van der Waals surface area contributed by atoms with Crippen molar-refractivity contribution in [1.82, 2.24) is 0 Å². The first-order valence-electron chi connectivity index (χ1n) is 3.34. The van der Waals surface area contributed by atoms with Gasteiger partial charge in [-0.15, -0.1) is 0 Å². The van der Waals surface area contributed by atoms with Crippen molar-refractivity contribution in [3.63, 3.8) is 0 Å². The molecule has 4 nitrogen and oxygen atoms in total. The van der Waals surface area contributed by atoms with Crippen molar-refractivity contribution >= 4 is 28.6 Å². The van der Waals surface area contributed by atoms with E-state index in [2.05, 4.69) is 4.18 Å². The molecule has 0 aliphatic heterocycles. The van der Waals surface area contributed by atoms with Crippen LogP contribution >= 0.6 is 11.6 Å². The van der Waals surface area contributed by atoms with E-state index in [0.717, 1.165) is 5.56 Å². The van der Waals surface area contributed by atoms with Crippen LogP contribution in [0.1, 0.15) is 5.56 Å². The van der Waals surface area contributed by atoms with Gasteiger partial charge < -0.3 is 14.5 Å². The third-order valence-corrected chi connectivity index (χ3v) is 2.09. The van der Waals surface area contributed by atoms with Crippen molar-refractivity contribution in [2.24, 2.45) is 0 Å². The zero-order chi connectivity index (χ0) is 10.0. The summed E-state index contributed by atoms with van der Waals surface area (Å²) in [6.45, 7) is 1.76. The first kappa shape index (κ1) is 10.3. The fraction of sp³-hybridized carbons (Fsp3) is 0.143. The maximum atomic E-state index is 10.2. The number of hydrogen-bond acceptors (Lipinski definition) is 4. The minimum atomic E-state index is -2.63. The number of benzene rings is 1. The summed E-state index contributed by atoms with van der Waals surface area (Å²) in [5, 5.41) is 0.218. The molecule has 0 amide bonds. The van der Waals surface area contributed by atoms with Gasteiger partial charge in [0.1, 0.15) is 11.4 Å². The first-order valence-corrected chi connectivity index (χ1v) is 4.71. The van der Waals surface area contributed by atoms with Crippen molar-refractivity contribution in [2.45, 2.75) is 6.92 Å². The third-order valence-electron chi connectivity index (χ3n) is 1.48. The molecule has 13 heavy (non-hydrogen) atoms. The number of aryl methyl sites for hydroxylation is 1. The maximum absolute atomic E-state index is 10.2. The Labute approximate surface area is 83.1 Å². The highest BCUT2D eigenvalue weighted by Crippen LogP contribution is 2.29. The van der Waals surface area contributed by atoms with Crippen molar-refractivity contribution < 1.29 is 12.9 Å². The van der Waals surface area contributed by atoms with Crippen LogP contribution in [0.15, 0.2) is 12.1 Å². The summed E-state index contributed by atoms with van der Waals surface area (Å²) >= 11 is 3.06. The second-order valence-corrected chi connectivity index (χ2v) is 3.41. The van der Waals surface area contributed by atoms with Gasteiger partial charge in [0.15, 0.2) is 5.75 Å². The zero-order valence-electron chi connectivity index (χ0n) is 6.74. The quantitative estimate of drug-likeness (QED) is 0.604. The van der Waals surface area contributed by atoms with Gasteiger partial charge in [0.05, 0.1) is 5.02 Å². The van der Waals surface area contributed by atoms with Crippen LogP contribution in [0.5, 0.6) is 5.75 Å². The molecule has 1 rings (SSSR count). The Morgan fingerprint density at radius 1 is 1.62 bits per heavy atom. The van der Waals surface area contributed by atoms with Crippen molar-refractivity contribution in [1.29, 1.82) is 0 Å². The Morgan fingerprint density at radius 2 is 2.23 bits per heavy atom. The molecule has 0 saturated heterocycles. The molecular formula is C7H7ClNO3S-. The molecule has 0 bridgehead atoms. The lowest BCUT2D eigenvalue weighted by molar-refractivity contribution is 0.440. The highest BCUT2D eigenvalue weighted by molar-refractivity contribution is 7.74. The van der Waals surface area contributed by atoms with Gasteiger partial charge in [0, 0.05) is 11.8 Å². The Balaban J connectivity index is 3.08. The summed E-state index contributed by atoms with van der Waals surface area (Å²) < 4.78 is 24.8. The summed E-state index contributed by atoms with van der Waals surface area (Å²) in [7, 11) is 0. The molecular weight excluding hydrogens is 214 g/mol. The molecule has 2 N–H and O–H groups in total. The lowest BCUT2D eigenvalue weighted by Gasteiger charge is -2.10. The van der Waals surface area contributed by atoms with Crippen LogP contribution in [-0.4, -0.2) is 8.76 Å². The Morgan fingerprint density at radius 3 is 2.77 bits per heavy atom. The normalized spacial score (nSPS) is 12.5. The van der Waals surface area contributed by atoms with E-state index in [1.54, 1.807) is 13.0 Å². The van der Waals surface area contributed by atoms with Crippen LogP contribution in [-0.2, 0) is 11.4 Å². The van der Waals surface area contributed by atoms with E-state index in [-0.39, 0.29) is 10.8 Å². The first-order chi connectivity index (χ1) is 6.00. The number of nitrogens with two attached hydrogens (primary N) is 1. The predicted molar refractivity (Wildman–Crippen MR) is 50.1 cm³/mol. The molecule has 1 atom stereocenters. The van der Waals surface area contributed by atoms with Crippen LogP contribution in [0.2, 0.25) is 5.02 Å². The predicted octanol–water partition coefficient (Wildman–Crippen LogP) is 1.40. The highest BCUT2D eigenvalue weighted by Gasteiger charge is 2.05. The van der Waals surface area contributed by atoms with E-state index < -0.39 is 11.4 Å². The van der Waals surface area contributed by atoms with Gasteiger partial charge in [-0.2, -0.15) is 0 Å². The number of nitrogen functional groups attached to an aromatic ring is 1. The van der Waals surface area contributed by atoms with Crippen LogP contribution < -0.4 is 9.92 Å². The minimum absolute atomic E-state index is 0.0399. The van der Waals surface area contributed by atoms with Crippen LogP contribution in [0, 0.1) is 6.92 Å². The van der Waals surface area contributed by atoms with E-state index in [1.165, 1.54) is 6.07 Å². The lowest BCUT2D eigenvalue weighted by atomic mass is 10.2. The molecule has 0 aromatic heterocycles. The summed E-state index contributed by atoms with van der Waals surface area (Å²) in [5.74, 6) is 0.0399. The molecule has 6 heteroatoms. The van der Waals surface area contributed by atoms with Gasteiger partial charge in [0.25, 0.3) is 0 Å². The summed E-state index contributed by atoms with van der Waals surface area (Å²) in [5.41, 5.74) is 6.73. The van der Waals surface area contributed by atoms with E-state index in [0.29, 0.717) is 5.69 Å². The van der Waals surface area contributed by atoms with Crippen LogP contribution in [0.25, 0.3) is 0 Å². The summed E-state index contributed by atoms with van der Waals surface area (Å²) in [6.07, 6.45) is 0. The second-order valence-electron chi connectivity index (χ2n) is 2.43. The molecule has 0 heterocycles. The smallest absolute Gasteiger partial charge is 0.159 e. The fourth-order valence-corrected chi connectivity index (χ4v) is 1.39. The molecule has 72 valence electrons. The Bertz CT molecular complexity index is 356. The lowest BCUT2D eigenvalue weighted by Crippen LogP contribution is -2.00. The number of halogens is 1. The molecule has 0 aliphatic rings. The number of rotatable bonds is 2. The molecule has 1 aromatic carbocycles. The average molecular weight is 221 g/mol. The van der Waals surface area contributed by atoms with Gasteiger partial charge in [0.2, 0.25) is 0 Å². The van der Waals surface area contributed by atoms with Crippen LogP contribution in [0.4, 0.5) is 5.69 Å². The maximum Gasteiger partial charge on any atom is 0.159 e. The van der Waals surface area contributed by atoms with E-state index >= 15 is 0 Å². The monoisotopic (exact) mass is 220 g/mol. The number of hydrogen-bond donors (Lipinski definition) is 1. The SMILES string of the molecule is Cc1cc(Cl)c(OS(=O)[O-])cc1N. The van der Waals surface area contributed by atoms with E-state index in [4.69, 9.17) is 17.3 Å². The fourth-order valence-electron chi connectivity index (χ4n) is 0.806. The molecule has 1 unspecified atom stereocenters. The molecule has 1 aromatic rings. The van der Waals surface area contributed by atoms with Gasteiger partial charge in [-0.05, 0) is 18.6 Å². The van der Waals surface area contributed by atoms with Gasteiger partial charge in [-0.25, -0.2) is 4.21 Å².